The molecule has 0 aliphatic heterocycles. The molecule has 0 amide bonds. The second kappa shape index (κ2) is 2.35. The first-order valence-electron chi connectivity index (χ1n) is 2.38. The van der Waals surface area contributed by atoms with E-state index in [1.54, 1.807) is 12.6 Å². The van der Waals surface area contributed by atoms with Crippen LogP contribution in [0.2, 0.25) is 0 Å². The molecule has 0 spiro atoms. The van der Waals surface area contributed by atoms with Gasteiger partial charge in [-0.15, -0.1) is 0 Å². The zero-order valence-electron chi connectivity index (χ0n) is 4.59. The molecular formula is C5H7N2O. The van der Waals surface area contributed by atoms with E-state index in [0.29, 0.717) is 0 Å². The van der Waals surface area contributed by atoms with Gasteiger partial charge >= 0.3 is 0 Å². The van der Waals surface area contributed by atoms with Gasteiger partial charge in [0, 0.05) is 12.6 Å². The van der Waals surface area contributed by atoms with Gasteiger partial charge < -0.3 is 9.84 Å². The molecule has 0 saturated carbocycles. The minimum absolute atomic E-state index is 0.743. The zero-order chi connectivity index (χ0) is 5.82. The molecule has 0 aromatic carbocycles. The smallest absolute Gasteiger partial charge is 0.169 e. The fourth-order valence-corrected chi connectivity index (χ4v) is 0.435. The number of nitrogens with zero attached hydrogens (tertiary/aromatic N) is 1. The van der Waals surface area contributed by atoms with Crippen molar-refractivity contribution in [3.63, 3.8) is 0 Å². The molecule has 1 aromatic rings. The van der Waals surface area contributed by atoms with Crippen molar-refractivity contribution in [3.05, 3.63) is 18.9 Å². The molecule has 1 aromatic heterocycles. The number of anilines is 1. The van der Waals surface area contributed by atoms with Crippen LogP contribution in [0.1, 0.15) is 6.92 Å². The first-order chi connectivity index (χ1) is 3.93. The summed E-state index contributed by atoms with van der Waals surface area (Å²) in [6.07, 6.45) is 1.52. The summed E-state index contributed by atoms with van der Waals surface area (Å²) in [6, 6.07) is 1.75. The van der Waals surface area contributed by atoms with Gasteiger partial charge in [0.2, 0.25) is 0 Å². The Balaban J connectivity index is 2.50. The highest BCUT2D eigenvalue weighted by Crippen LogP contribution is 1.99. The van der Waals surface area contributed by atoms with Crippen LogP contribution in [0.4, 0.5) is 5.82 Å². The first-order valence-corrected chi connectivity index (χ1v) is 2.38. The lowest BCUT2D eigenvalue weighted by atomic mass is 10.6. The van der Waals surface area contributed by atoms with E-state index in [1.165, 1.54) is 6.26 Å². The lowest BCUT2D eigenvalue weighted by Crippen LogP contribution is -1.88. The van der Waals surface area contributed by atoms with E-state index in [1.807, 2.05) is 6.92 Å². The molecule has 1 rings (SSSR count). The maximum absolute atomic E-state index is 4.53. The van der Waals surface area contributed by atoms with Crippen LogP contribution in [-0.2, 0) is 0 Å². The highest BCUT2D eigenvalue weighted by Gasteiger charge is 1.87. The predicted octanol–water partition coefficient (Wildman–Crippen LogP) is 1.27. The second-order valence-corrected chi connectivity index (χ2v) is 1.32. The minimum atomic E-state index is 0.743. The summed E-state index contributed by atoms with van der Waals surface area (Å²) in [5.74, 6) is 0.743. The summed E-state index contributed by atoms with van der Waals surface area (Å²) in [6.45, 7) is 3.67. The van der Waals surface area contributed by atoms with Gasteiger partial charge in [-0.25, -0.2) is 0 Å². The van der Waals surface area contributed by atoms with Gasteiger partial charge in [-0.05, 0) is 6.92 Å². The number of hydrogen-bond acceptors (Lipinski definition) is 3. The van der Waals surface area contributed by atoms with Crippen molar-refractivity contribution in [1.82, 2.24) is 5.16 Å². The third-order valence-corrected chi connectivity index (χ3v) is 0.730. The standard InChI is InChI=1S/C5H7N2O/c1-2-6-5-3-4-8-7-5/h2-4H,1H3,(H,6,7). The Hall–Kier alpha value is -0.990. The number of nitrogens with one attached hydrogen (secondary N) is 1. The van der Waals surface area contributed by atoms with Gasteiger partial charge in [-0.2, -0.15) is 0 Å². The summed E-state index contributed by atoms with van der Waals surface area (Å²) in [4.78, 5) is 0. The van der Waals surface area contributed by atoms with Crippen LogP contribution < -0.4 is 5.32 Å². The van der Waals surface area contributed by atoms with E-state index in [9.17, 15) is 0 Å². The van der Waals surface area contributed by atoms with Crippen molar-refractivity contribution in [2.75, 3.05) is 5.32 Å². The van der Waals surface area contributed by atoms with E-state index in [2.05, 4.69) is 15.0 Å². The molecule has 8 heavy (non-hydrogen) atoms. The van der Waals surface area contributed by atoms with Crippen molar-refractivity contribution < 1.29 is 4.52 Å². The predicted molar refractivity (Wildman–Crippen MR) is 30.1 cm³/mol. The molecule has 1 N–H and O–H groups in total. The van der Waals surface area contributed by atoms with Crippen LogP contribution in [0.15, 0.2) is 16.9 Å². The Morgan fingerprint density at radius 2 is 2.75 bits per heavy atom. The maximum Gasteiger partial charge on any atom is 0.169 e. The lowest BCUT2D eigenvalue weighted by Gasteiger charge is -1.89. The van der Waals surface area contributed by atoms with Crippen LogP contribution in [0, 0.1) is 6.54 Å². The first kappa shape index (κ1) is 5.15. The molecule has 3 heteroatoms. The number of aromatic nitrogens is 1. The Morgan fingerprint density at radius 3 is 3.25 bits per heavy atom. The van der Waals surface area contributed by atoms with Crippen LogP contribution in [0.5, 0.6) is 0 Å². The molecule has 43 valence electrons. The lowest BCUT2D eigenvalue weighted by molar-refractivity contribution is 0.422. The van der Waals surface area contributed by atoms with E-state index in [0.717, 1.165) is 5.82 Å². The minimum Gasteiger partial charge on any atom is -0.363 e. The normalized spacial score (nSPS) is 9.12. The molecule has 3 nitrogen and oxygen atoms in total. The van der Waals surface area contributed by atoms with Crippen molar-refractivity contribution in [2.45, 2.75) is 6.92 Å². The molecule has 0 bridgehead atoms. The average molecular weight is 111 g/mol. The third-order valence-electron chi connectivity index (χ3n) is 0.730. The summed E-state index contributed by atoms with van der Waals surface area (Å²) in [7, 11) is 0. The second-order valence-electron chi connectivity index (χ2n) is 1.32. The van der Waals surface area contributed by atoms with Crippen LogP contribution in [-0.4, -0.2) is 5.16 Å². The Kier molecular flexibility index (Phi) is 1.51. The van der Waals surface area contributed by atoms with Crippen molar-refractivity contribution in [2.24, 2.45) is 0 Å². The van der Waals surface area contributed by atoms with E-state index in [-0.39, 0.29) is 0 Å². The largest absolute Gasteiger partial charge is 0.363 e. The molecule has 0 aliphatic rings. The van der Waals surface area contributed by atoms with Crippen molar-refractivity contribution >= 4 is 5.82 Å². The topological polar surface area (TPSA) is 38.1 Å². The van der Waals surface area contributed by atoms with Crippen LogP contribution >= 0.6 is 0 Å². The highest BCUT2D eigenvalue weighted by molar-refractivity contribution is 5.31. The third kappa shape index (κ3) is 0.992. The Morgan fingerprint density at radius 1 is 1.88 bits per heavy atom. The van der Waals surface area contributed by atoms with Crippen molar-refractivity contribution in [3.8, 4) is 0 Å². The molecule has 0 fully saturated rings. The molecule has 0 saturated heterocycles. The molecular weight excluding hydrogens is 104 g/mol. The van der Waals surface area contributed by atoms with E-state index >= 15 is 0 Å². The molecule has 0 atom stereocenters. The van der Waals surface area contributed by atoms with Gasteiger partial charge in [0.15, 0.2) is 5.82 Å². The van der Waals surface area contributed by atoms with Gasteiger partial charge in [0.05, 0.1) is 0 Å². The van der Waals surface area contributed by atoms with Crippen molar-refractivity contribution in [1.29, 1.82) is 0 Å². The van der Waals surface area contributed by atoms with Gasteiger partial charge in [0.1, 0.15) is 6.26 Å². The summed E-state index contributed by atoms with van der Waals surface area (Å²) in [5.41, 5.74) is 0. The van der Waals surface area contributed by atoms with Crippen LogP contribution in [0.3, 0.4) is 0 Å². The molecule has 0 unspecified atom stereocenters. The number of rotatable bonds is 2. The Labute approximate surface area is 47.7 Å². The number of hydrogen-bond donors (Lipinski definition) is 1. The quantitative estimate of drug-likeness (QED) is 0.624. The maximum atomic E-state index is 4.53. The molecule has 1 radical (unpaired) electrons. The summed E-state index contributed by atoms with van der Waals surface area (Å²) >= 11 is 0. The summed E-state index contributed by atoms with van der Waals surface area (Å²) in [5, 5.41) is 6.45. The molecule has 0 aliphatic carbocycles. The van der Waals surface area contributed by atoms with Crippen LogP contribution in [0.25, 0.3) is 0 Å². The van der Waals surface area contributed by atoms with Gasteiger partial charge in [-0.1, -0.05) is 5.16 Å². The Bertz CT molecular complexity index is 136. The van der Waals surface area contributed by atoms with Gasteiger partial charge in [0.25, 0.3) is 0 Å². The zero-order valence-corrected chi connectivity index (χ0v) is 4.59. The monoisotopic (exact) mass is 111 g/mol. The van der Waals surface area contributed by atoms with E-state index < -0.39 is 0 Å². The fraction of sp³-hybridized carbons (Fsp3) is 0.200. The fourth-order valence-electron chi connectivity index (χ4n) is 0.435. The van der Waals surface area contributed by atoms with E-state index in [4.69, 9.17) is 0 Å². The SMILES string of the molecule is C[CH]Nc1ccon1. The molecule has 1 heterocycles. The average Bonchev–Trinajstić information content (AvgIpc) is 2.19. The highest BCUT2D eigenvalue weighted by atomic mass is 16.5. The summed E-state index contributed by atoms with van der Waals surface area (Å²) < 4.78 is 4.53. The van der Waals surface area contributed by atoms with Gasteiger partial charge in [-0.3, -0.25) is 0 Å².